The first kappa shape index (κ1) is 15.9. The molecule has 0 amide bonds. The van der Waals surface area contributed by atoms with Crippen molar-refractivity contribution in [3.05, 3.63) is 0 Å². The summed E-state index contributed by atoms with van der Waals surface area (Å²) in [4.78, 5) is 0. The first-order valence-corrected chi connectivity index (χ1v) is 7.58. The number of rotatable bonds is 8. The Labute approximate surface area is 112 Å². The quantitative estimate of drug-likeness (QED) is 0.657. The average molecular weight is 257 g/mol. The van der Waals surface area contributed by atoms with Crippen LogP contribution in [0.2, 0.25) is 0 Å². The van der Waals surface area contributed by atoms with E-state index in [-0.39, 0.29) is 12.2 Å². The van der Waals surface area contributed by atoms with Crippen LogP contribution in [0.1, 0.15) is 52.9 Å². The first-order chi connectivity index (χ1) is 8.58. The lowest BCUT2D eigenvalue weighted by atomic mass is 9.81. The molecule has 1 rings (SSSR count). The highest BCUT2D eigenvalue weighted by molar-refractivity contribution is 4.71. The zero-order valence-electron chi connectivity index (χ0n) is 12.3. The molecule has 1 aliphatic rings. The molecule has 1 fully saturated rings. The van der Waals surface area contributed by atoms with Gasteiger partial charge >= 0.3 is 0 Å². The van der Waals surface area contributed by atoms with Gasteiger partial charge in [0.1, 0.15) is 0 Å². The second-order valence-corrected chi connectivity index (χ2v) is 6.15. The van der Waals surface area contributed by atoms with Crippen LogP contribution >= 0.6 is 0 Å². The Morgan fingerprint density at radius 1 is 1.22 bits per heavy atom. The lowest BCUT2D eigenvalue weighted by Gasteiger charge is -2.26. The molecule has 0 aliphatic heterocycles. The minimum Gasteiger partial charge on any atom is -0.389 e. The molecule has 3 heteroatoms. The van der Waals surface area contributed by atoms with Crippen molar-refractivity contribution < 1.29 is 9.84 Å². The molecule has 18 heavy (non-hydrogen) atoms. The van der Waals surface area contributed by atoms with Crippen molar-refractivity contribution in [2.45, 2.75) is 65.1 Å². The predicted molar refractivity (Wildman–Crippen MR) is 75.7 cm³/mol. The Hall–Kier alpha value is -0.120. The van der Waals surface area contributed by atoms with E-state index in [1.54, 1.807) is 0 Å². The maximum Gasteiger partial charge on any atom is 0.0897 e. The minimum atomic E-state index is -0.376. The van der Waals surface area contributed by atoms with Gasteiger partial charge in [-0.25, -0.2) is 0 Å². The summed E-state index contributed by atoms with van der Waals surface area (Å²) in [6.07, 6.45) is 6.65. The second-order valence-electron chi connectivity index (χ2n) is 6.15. The van der Waals surface area contributed by atoms with Crippen LogP contribution in [0.25, 0.3) is 0 Å². The summed E-state index contributed by atoms with van der Waals surface area (Å²) in [7, 11) is 0. The summed E-state index contributed by atoms with van der Waals surface area (Å²) in [6.45, 7) is 8.45. The third-order valence-electron chi connectivity index (χ3n) is 3.87. The van der Waals surface area contributed by atoms with E-state index in [1.807, 2.05) is 13.8 Å². The highest BCUT2D eigenvalue weighted by atomic mass is 16.5. The molecular formula is C15H31NO2. The smallest absolute Gasteiger partial charge is 0.0897 e. The van der Waals surface area contributed by atoms with Gasteiger partial charge in [0.15, 0.2) is 0 Å². The molecule has 0 saturated heterocycles. The van der Waals surface area contributed by atoms with Gasteiger partial charge in [0.05, 0.1) is 18.8 Å². The van der Waals surface area contributed by atoms with Crippen LogP contribution in [0, 0.1) is 11.8 Å². The third kappa shape index (κ3) is 7.34. The summed E-state index contributed by atoms with van der Waals surface area (Å²) < 4.78 is 5.37. The summed E-state index contributed by atoms with van der Waals surface area (Å²) >= 11 is 0. The number of hydrogen-bond acceptors (Lipinski definition) is 3. The van der Waals surface area contributed by atoms with E-state index in [0.717, 1.165) is 18.4 Å². The largest absolute Gasteiger partial charge is 0.389 e. The van der Waals surface area contributed by atoms with E-state index in [9.17, 15) is 5.11 Å². The van der Waals surface area contributed by atoms with Gasteiger partial charge in [0.25, 0.3) is 0 Å². The molecule has 1 unspecified atom stereocenters. The van der Waals surface area contributed by atoms with Crippen molar-refractivity contribution in [1.29, 1.82) is 0 Å². The molecule has 108 valence electrons. The molecule has 1 aliphatic carbocycles. The monoisotopic (exact) mass is 257 g/mol. The molecule has 0 spiro atoms. The lowest BCUT2D eigenvalue weighted by molar-refractivity contribution is 0.00634. The van der Waals surface area contributed by atoms with E-state index in [1.165, 1.54) is 32.1 Å². The van der Waals surface area contributed by atoms with Gasteiger partial charge in [-0.2, -0.15) is 0 Å². The van der Waals surface area contributed by atoms with Gasteiger partial charge in [-0.15, -0.1) is 0 Å². The summed E-state index contributed by atoms with van der Waals surface area (Å²) in [5.41, 5.74) is 0. The SMILES string of the molecule is CC1CCC(CCNCC(O)COC(C)C)CC1. The fourth-order valence-corrected chi connectivity index (χ4v) is 2.56. The lowest BCUT2D eigenvalue weighted by Crippen LogP contribution is -2.32. The fourth-order valence-electron chi connectivity index (χ4n) is 2.56. The van der Waals surface area contributed by atoms with Crippen molar-refractivity contribution in [1.82, 2.24) is 5.32 Å². The van der Waals surface area contributed by atoms with Crippen molar-refractivity contribution in [3.8, 4) is 0 Å². The first-order valence-electron chi connectivity index (χ1n) is 7.58. The zero-order chi connectivity index (χ0) is 13.4. The Morgan fingerprint density at radius 3 is 2.50 bits per heavy atom. The third-order valence-corrected chi connectivity index (χ3v) is 3.87. The van der Waals surface area contributed by atoms with Crippen LogP contribution in [0.5, 0.6) is 0 Å². The molecular weight excluding hydrogens is 226 g/mol. The zero-order valence-corrected chi connectivity index (χ0v) is 12.3. The Balaban J connectivity index is 1.94. The van der Waals surface area contributed by atoms with Crippen LogP contribution in [0.15, 0.2) is 0 Å². The van der Waals surface area contributed by atoms with Crippen LogP contribution in [-0.4, -0.2) is 37.0 Å². The van der Waals surface area contributed by atoms with E-state index in [0.29, 0.717) is 13.2 Å². The highest BCUT2D eigenvalue weighted by Gasteiger charge is 2.17. The molecule has 0 aromatic heterocycles. The molecule has 1 saturated carbocycles. The summed E-state index contributed by atoms with van der Waals surface area (Å²) in [5, 5.41) is 13.0. The van der Waals surface area contributed by atoms with Crippen molar-refractivity contribution in [3.63, 3.8) is 0 Å². The van der Waals surface area contributed by atoms with E-state index >= 15 is 0 Å². The highest BCUT2D eigenvalue weighted by Crippen LogP contribution is 2.29. The van der Waals surface area contributed by atoms with Crippen molar-refractivity contribution >= 4 is 0 Å². The van der Waals surface area contributed by atoms with Crippen molar-refractivity contribution in [2.75, 3.05) is 19.7 Å². The van der Waals surface area contributed by atoms with E-state index in [2.05, 4.69) is 12.2 Å². The van der Waals surface area contributed by atoms with Gasteiger partial charge in [-0.05, 0) is 38.6 Å². The van der Waals surface area contributed by atoms with Crippen LogP contribution < -0.4 is 5.32 Å². The standard InChI is InChI=1S/C15H31NO2/c1-12(2)18-11-15(17)10-16-9-8-14-6-4-13(3)5-7-14/h12-17H,4-11H2,1-3H3. The summed E-state index contributed by atoms with van der Waals surface area (Å²) in [6, 6.07) is 0. The molecule has 3 nitrogen and oxygen atoms in total. The molecule has 0 heterocycles. The number of aliphatic hydroxyl groups is 1. The molecule has 0 aromatic carbocycles. The molecule has 0 aromatic rings. The Morgan fingerprint density at radius 2 is 1.89 bits per heavy atom. The Kier molecular flexibility index (Phi) is 7.87. The predicted octanol–water partition coefficient (Wildman–Crippen LogP) is 2.58. The number of nitrogens with one attached hydrogen (secondary N) is 1. The molecule has 0 bridgehead atoms. The van der Waals surface area contributed by atoms with Gasteiger partial charge in [-0.1, -0.05) is 32.6 Å². The molecule has 2 N–H and O–H groups in total. The van der Waals surface area contributed by atoms with E-state index in [4.69, 9.17) is 4.74 Å². The van der Waals surface area contributed by atoms with E-state index < -0.39 is 0 Å². The number of hydrogen-bond donors (Lipinski definition) is 2. The van der Waals surface area contributed by atoms with Crippen LogP contribution in [0.3, 0.4) is 0 Å². The Bertz CT molecular complexity index is 201. The summed E-state index contributed by atoms with van der Waals surface area (Å²) in [5.74, 6) is 1.84. The van der Waals surface area contributed by atoms with Crippen LogP contribution in [0.4, 0.5) is 0 Å². The molecule has 0 radical (unpaired) electrons. The number of aliphatic hydroxyl groups excluding tert-OH is 1. The van der Waals surface area contributed by atoms with Gasteiger partial charge in [0.2, 0.25) is 0 Å². The van der Waals surface area contributed by atoms with Crippen molar-refractivity contribution in [2.24, 2.45) is 11.8 Å². The minimum absolute atomic E-state index is 0.198. The molecule has 1 atom stereocenters. The topological polar surface area (TPSA) is 41.5 Å². The maximum absolute atomic E-state index is 9.68. The van der Waals surface area contributed by atoms with Gasteiger partial charge in [0, 0.05) is 6.54 Å². The average Bonchev–Trinajstić information content (AvgIpc) is 2.34. The maximum atomic E-state index is 9.68. The van der Waals surface area contributed by atoms with Crippen LogP contribution in [-0.2, 0) is 4.74 Å². The normalized spacial score (nSPS) is 26.5. The van der Waals surface area contributed by atoms with Gasteiger partial charge < -0.3 is 15.2 Å². The fraction of sp³-hybridized carbons (Fsp3) is 1.00. The van der Waals surface area contributed by atoms with Gasteiger partial charge in [-0.3, -0.25) is 0 Å². The second kappa shape index (κ2) is 8.89. The number of ether oxygens (including phenoxy) is 1.